The highest BCUT2D eigenvalue weighted by atomic mass is 16.5. The highest BCUT2D eigenvalue weighted by Gasteiger charge is 2.21. The first-order chi connectivity index (χ1) is 14.6. The Balaban J connectivity index is 1.42. The van der Waals surface area contributed by atoms with E-state index < -0.39 is 5.97 Å². The summed E-state index contributed by atoms with van der Waals surface area (Å²) in [6.07, 6.45) is 3.69. The summed E-state index contributed by atoms with van der Waals surface area (Å²) in [6, 6.07) is 10.9. The average molecular weight is 408 g/mol. The number of carboxylic acids is 1. The van der Waals surface area contributed by atoms with Gasteiger partial charge in [0, 0.05) is 42.5 Å². The molecule has 0 unspecified atom stereocenters. The molecule has 2 N–H and O–H groups in total. The van der Waals surface area contributed by atoms with Crippen LogP contribution in [0.25, 0.3) is 10.9 Å². The Labute approximate surface area is 174 Å². The van der Waals surface area contributed by atoms with Crippen LogP contribution in [0.3, 0.4) is 0 Å². The number of aromatic nitrogens is 2. The topological polar surface area (TPSA) is 96.8 Å². The van der Waals surface area contributed by atoms with Gasteiger partial charge in [0.15, 0.2) is 11.5 Å². The van der Waals surface area contributed by atoms with Crippen LogP contribution in [0, 0.1) is 0 Å². The molecular formula is C22H24N4O4. The van der Waals surface area contributed by atoms with Crippen LogP contribution in [-0.4, -0.2) is 54.4 Å². The summed E-state index contributed by atoms with van der Waals surface area (Å²) in [7, 11) is 3.22. The zero-order chi connectivity index (χ0) is 21.1. The van der Waals surface area contributed by atoms with Gasteiger partial charge >= 0.3 is 5.97 Å². The van der Waals surface area contributed by atoms with Gasteiger partial charge in [-0.2, -0.15) is 0 Å². The third kappa shape index (κ3) is 4.07. The van der Waals surface area contributed by atoms with E-state index in [-0.39, 0.29) is 5.56 Å². The third-order valence-electron chi connectivity index (χ3n) is 5.35. The van der Waals surface area contributed by atoms with Gasteiger partial charge in [0.2, 0.25) is 5.95 Å². The molecular weight excluding hydrogens is 384 g/mol. The normalized spacial score (nSPS) is 14.5. The number of ether oxygens (including phenoxy) is 2. The van der Waals surface area contributed by atoms with Crippen molar-refractivity contribution in [1.82, 2.24) is 9.97 Å². The minimum Gasteiger partial charge on any atom is -0.493 e. The van der Waals surface area contributed by atoms with Gasteiger partial charge in [-0.25, -0.2) is 14.8 Å². The minimum absolute atomic E-state index is 0.290. The molecule has 0 saturated carbocycles. The van der Waals surface area contributed by atoms with E-state index in [1.165, 1.54) is 0 Å². The maximum absolute atomic E-state index is 11.0. The maximum atomic E-state index is 11.0. The molecule has 0 spiro atoms. The maximum Gasteiger partial charge on any atom is 0.335 e. The first kappa shape index (κ1) is 19.8. The van der Waals surface area contributed by atoms with Gasteiger partial charge in [0.25, 0.3) is 0 Å². The second-order valence-corrected chi connectivity index (χ2v) is 7.22. The van der Waals surface area contributed by atoms with E-state index in [2.05, 4.69) is 15.2 Å². The van der Waals surface area contributed by atoms with Gasteiger partial charge in [0.05, 0.1) is 25.3 Å². The van der Waals surface area contributed by atoms with Gasteiger partial charge in [-0.3, -0.25) is 0 Å². The molecule has 1 aliphatic rings. The standard InChI is InChI=1S/C22H24N4O4/c1-29-19-11-15-13-23-22(25-18(15)12-20(19)30-2)26-9-7-17(8-10-26)24-16-5-3-14(4-6-16)21(27)28/h3-6,11-13,17,24H,7-10H2,1-2H3,(H,27,28). The van der Waals surface area contributed by atoms with Crippen LogP contribution < -0.4 is 19.7 Å². The van der Waals surface area contributed by atoms with Gasteiger partial charge < -0.3 is 24.8 Å². The summed E-state index contributed by atoms with van der Waals surface area (Å²) < 4.78 is 10.7. The SMILES string of the molecule is COc1cc2cnc(N3CCC(Nc4ccc(C(=O)O)cc4)CC3)nc2cc1OC. The van der Waals surface area contributed by atoms with Crippen LogP contribution in [0.15, 0.2) is 42.6 Å². The molecule has 1 saturated heterocycles. The molecule has 2 heterocycles. The predicted octanol–water partition coefficient (Wildman–Crippen LogP) is 3.43. The molecule has 0 amide bonds. The molecule has 3 aromatic rings. The van der Waals surface area contributed by atoms with Gasteiger partial charge in [-0.05, 0) is 43.2 Å². The molecule has 0 aliphatic carbocycles. The van der Waals surface area contributed by atoms with Crippen LogP contribution in [0.2, 0.25) is 0 Å². The molecule has 8 heteroatoms. The number of rotatable bonds is 6. The molecule has 1 aliphatic heterocycles. The largest absolute Gasteiger partial charge is 0.493 e. The van der Waals surface area contributed by atoms with E-state index in [1.54, 1.807) is 26.4 Å². The van der Waals surface area contributed by atoms with Crippen LogP contribution >= 0.6 is 0 Å². The quantitative estimate of drug-likeness (QED) is 0.640. The summed E-state index contributed by atoms with van der Waals surface area (Å²) in [5, 5.41) is 13.4. The molecule has 0 bridgehead atoms. The first-order valence-electron chi connectivity index (χ1n) is 9.81. The zero-order valence-electron chi connectivity index (χ0n) is 17.0. The average Bonchev–Trinajstić information content (AvgIpc) is 2.78. The van der Waals surface area contributed by atoms with E-state index in [0.29, 0.717) is 23.5 Å². The lowest BCUT2D eigenvalue weighted by atomic mass is 10.0. The number of aromatic carboxylic acids is 1. The van der Waals surface area contributed by atoms with E-state index in [4.69, 9.17) is 19.6 Å². The lowest BCUT2D eigenvalue weighted by molar-refractivity contribution is 0.0697. The lowest BCUT2D eigenvalue weighted by Gasteiger charge is -2.33. The second kappa shape index (κ2) is 8.44. The summed E-state index contributed by atoms with van der Waals surface area (Å²) >= 11 is 0. The van der Waals surface area contributed by atoms with Crippen molar-refractivity contribution in [3.63, 3.8) is 0 Å². The fourth-order valence-electron chi connectivity index (χ4n) is 3.67. The van der Waals surface area contributed by atoms with Gasteiger partial charge in [0.1, 0.15) is 0 Å². The number of fused-ring (bicyclic) bond motifs is 1. The molecule has 156 valence electrons. The van der Waals surface area contributed by atoms with Crippen molar-refractivity contribution in [2.24, 2.45) is 0 Å². The zero-order valence-corrected chi connectivity index (χ0v) is 17.0. The lowest BCUT2D eigenvalue weighted by Crippen LogP contribution is -2.39. The Morgan fingerprint density at radius 1 is 1.10 bits per heavy atom. The Morgan fingerprint density at radius 2 is 1.77 bits per heavy atom. The molecule has 8 nitrogen and oxygen atoms in total. The highest BCUT2D eigenvalue weighted by molar-refractivity contribution is 5.88. The van der Waals surface area contributed by atoms with Crippen molar-refractivity contribution < 1.29 is 19.4 Å². The monoisotopic (exact) mass is 408 g/mol. The third-order valence-corrected chi connectivity index (χ3v) is 5.35. The fourth-order valence-corrected chi connectivity index (χ4v) is 3.67. The number of anilines is 2. The molecule has 0 atom stereocenters. The fraction of sp³-hybridized carbons (Fsp3) is 0.318. The Bertz CT molecular complexity index is 1050. The van der Waals surface area contributed by atoms with Gasteiger partial charge in [-0.1, -0.05) is 0 Å². The molecule has 4 rings (SSSR count). The Kier molecular flexibility index (Phi) is 5.56. The number of methoxy groups -OCH3 is 2. The van der Waals surface area contributed by atoms with E-state index in [0.717, 1.165) is 42.5 Å². The smallest absolute Gasteiger partial charge is 0.335 e. The van der Waals surface area contributed by atoms with Crippen molar-refractivity contribution in [2.75, 3.05) is 37.5 Å². The molecule has 30 heavy (non-hydrogen) atoms. The number of nitrogens with one attached hydrogen (secondary N) is 1. The van der Waals surface area contributed by atoms with Crippen molar-refractivity contribution in [1.29, 1.82) is 0 Å². The molecule has 1 fully saturated rings. The molecule has 0 radical (unpaired) electrons. The van der Waals surface area contributed by atoms with Crippen molar-refractivity contribution >= 4 is 28.5 Å². The number of carbonyl (C=O) groups is 1. The van der Waals surface area contributed by atoms with Gasteiger partial charge in [-0.15, -0.1) is 0 Å². The van der Waals surface area contributed by atoms with Crippen molar-refractivity contribution in [3.8, 4) is 11.5 Å². The number of hydrogen-bond acceptors (Lipinski definition) is 7. The Hall–Kier alpha value is -3.55. The number of benzene rings is 2. The van der Waals surface area contributed by atoms with E-state index >= 15 is 0 Å². The first-order valence-corrected chi connectivity index (χ1v) is 9.81. The van der Waals surface area contributed by atoms with Crippen molar-refractivity contribution in [2.45, 2.75) is 18.9 Å². The second-order valence-electron chi connectivity index (χ2n) is 7.22. The summed E-state index contributed by atoms with van der Waals surface area (Å²) in [5.74, 6) is 1.09. The minimum atomic E-state index is -0.915. The van der Waals surface area contributed by atoms with Crippen LogP contribution in [0.4, 0.5) is 11.6 Å². The van der Waals surface area contributed by atoms with Crippen LogP contribution in [-0.2, 0) is 0 Å². The predicted molar refractivity (Wildman–Crippen MR) is 115 cm³/mol. The summed E-state index contributed by atoms with van der Waals surface area (Å²) in [5.41, 5.74) is 2.04. The summed E-state index contributed by atoms with van der Waals surface area (Å²) in [6.45, 7) is 1.67. The number of carboxylic acid groups (broad SMARTS) is 1. The van der Waals surface area contributed by atoms with Crippen LogP contribution in [0.1, 0.15) is 23.2 Å². The highest BCUT2D eigenvalue weighted by Crippen LogP contribution is 2.32. The number of nitrogens with zero attached hydrogens (tertiary/aromatic N) is 3. The number of piperidine rings is 1. The molecule has 2 aromatic carbocycles. The Morgan fingerprint density at radius 3 is 2.40 bits per heavy atom. The molecule has 1 aromatic heterocycles. The summed E-state index contributed by atoms with van der Waals surface area (Å²) in [4.78, 5) is 22.4. The van der Waals surface area contributed by atoms with E-state index in [1.807, 2.05) is 30.5 Å². The van der Waals surface area contributed by atoms with Crippen LogP contribution in [0.5, 0.6) is 11.5 Å². The number of hydrogen-bond donors (Lipinski definition) is 2. The van der Waals surface area contributed by atoms with E-state index in [9.17, 15) is 4.79 Å². The van der Waals surface area contributed by atoms with Crippen molar-refractivity contribution in [3.05, 3.63) is 48.2 Å².